The zero-order valence-electron chi connectivity index (χ0n) is 10.9. The van der Waals surface area contributed by atoms with E-state index in [9.17, 15) is 0 Å². The Bertz CT molecular complexity index is 344. The molecule has 0 saturated carbocycles. The van der Waals surface area contributed by atoms with Crippen LogP contribution < -0.4 is 9.64 Å². The summed E-state index contributed by atoms with van der Waals surface area (Å²) in [4.78, 5) is 11.2. The highest BCUT2D eigenvalue weighted by Gasteiger charge is 2.07. The molecule has 1 heterocycles. The lowest BCUT2D eigenvalue weighted by molar-refractivity contribution is 0.231. The fraction of sp³-hybridized carbons (Fsp3) is 0.667. The molecule has 0 fully saturated rings. The lowest BCUT2D eigenvalue weighted by atomic mass is 10.3. The van der Waals surface area contributed by atoms with E-state index in [4.69, 9.17) is 4.74 Å². The number of rotatable bonds is 6. The Balaban J connectivity index is 2.63. The number of halogens is 1. The molecule has 0 radical (unpaired) electrons. The first-order valence-corrected chi connectivity index (χ1v) is 6.74. The van der Waals surface area contributed by atoms with Gasteiger partial charge in [0.15, 0.2) is 5.82 Å². The van der Waals surface area contributed by atoms with Gasteiger partial charge in [0.05, 0.1) is 18.5 Å². The van der Waals surface area contributed by atoms with Crippen LogP contribution in [0, 0.1) is 0 Å². The van der Waals surface area contributed by atoms with E-state index in [0.717, 1.165) is 18.8 Å². The van der Waals surface area contributed by atoms with Crippen LogP contribution in [0.2, 0.25) is 0 Å². The minimum atomic E-state index is 0.118. The molecule has 1 aromatic heterocycles. The number of alkyl halides is 1. The van der Waals surface area contributed by atoms with Crippen LogP contribution in [0.3, 0.4) is 0 Å². The molecule has 0 saturated heterocycles. The van der Waals surface area contributed by atoms with Crippen molar-refractivity contribution >= 4 is 21.7 Å². The van der Waals surface area contributed by atoms with Gasteiger partial charge in [0.25, 0.3) is 0 Å². The summed E-state index contributed by atoms with van der Waals surface area (Å²) in [5.74, 6) is 1.42. The SMILES string of the molecule is CC(Br)CCN(C)c1cncc(OC(C)C)n1. The van der Waals surface area contributed by atoms with E-state index in [0.29, 0.717) is 10.7 Å². The summed E-state index contributed by atoms with van der Waals surface area (Å²) in [5, 5.41) is 0. The van der Waals surface area contributed by atoms with E-state index < -0.39 is 0 Å². The molecular formula is C12H20BrN3O. The van der Waals surface area contributed by atoms with Crippen molar-refractivity contribution in [3.05, 3.63) is 12.4 Å². The number of hydrogen-bond donors (Lipinski definition) is 0. The molecule has 0 aliphatic rings. The third-order valence-electron chi connectivity index (χ3n) is 2.21. The van der Waals surface area contributed by atoms with Crippen molar-refractivity contribution in [3.63, 3.8) is 0 Å². The average Bonchev–Trinajstić information content (AvgIpc) is 2.25. The van der Waals surface area contributed by atoms with Crippen molar-refractivity contribution in [2.24, 2.45) is 0 Å². The molecule has 0 spiro atoms. The standard InChI is InChI=1S/C12H20BrN3O/c1-9(2)17-12-8-14-7-11(15-12)16(4)6-5-10(3)13/h7-10H,5-6H2,1-4H3. The van der Waals surface area contributed by atoms with Gasteiger partial charge in [-0.05, 0) is 20.3 Å². The Morgan fingerprint density at radius 2 is 2.06 bits per heavy atom. The molecule has 17 heavy (non-hydrogen) atoms. The smallest absolute Gasteiger partial charge is 0.234 e. The highest BCUT2D eigenvalue weighted by atomic mass is 79.9. The van der Waals surface area contributed by atoms with Gasteiger partial charge in [-0.2, -0.15) is 4.98 Å². The summed E-state index contributed by atoms with van der Waals surface area (Å²) in [6.45, 7) is 7.03. The summed E-state index contributed by atoms with van der Waals surface area (Å²) in [6.07, 6.45) is 4.58. The molecule has 96 valence electrons. The maximum absolute atomic E-state index is 5.52. The van der Waals surface area contributed by atoms with Crippen molar-refractivity contribution in [1.82, 2.24) is 9.97 Å². The van der Waals surface area contributed by atoms with Crippen LogP contribution in [0.25, 0.3) is 0 Å². The third kappa shape index (κ3) is 5.35. The highest BCUT2D eigenvalue weighted by molar-refractivity contribution is 9.09. The first kappa shape index (κ1) is 14.2. The van der Waals surface area contributed by atoms with Crippen LogP contribution in [-0.2, 0) is 0 Å². The normalized spacial score (nSPS) is 12.6. The van der Waals surface area contributed by atoms with Crippen LogP contribution >= 0.6 is 15.9 Å². The van der Waals surface area contributed by atoms with Gasteiger partial charge in [-0.25, -0.2) is 0 Å². The number of anilines is 1. The van der Waals surface area contributed by atoms with Gasteiger partial charge in [-0.15, -0.1) is 0 Å². The monoisotopic (exact) mass is 301 g/mol. The second kappa shape index (κ2) is 6.79. The summed E-state index contributed by atoms with van der Waals surface area (Å²) in [5.41, 5.74) is 0. The van der Waals surface area contributed by atoms with Gasteiger partial charge < -0.3 is 9.64 Å². The zero-order valence-corrected chi connectivity index (χ0v) is 12.4. The molecule has 1 unspecified atom stereocenters. The summed E-state index contributed by atoms with van der Waals surface area (Å²) < 4.78 is 5.52. The summed E-state index contributed by atoms with van der Waals surface area (Å²) in [6, 6.07) is 0. The molecule has 0 amide bonds. The molecule has 5 heteroatoms. The molecule has 1 rings (SSSR count). The van der Waals surface area contributed by atoms with Crippen LogP contribution in [0.4, 0.5) is 5.82 Å². The fourth-order valence-corrected chi connectivity index (χ4v) is 1.51. The van der Waals surface area contributed by atoms with Gasteiger partial charge in [0.1, 0.15) is 0 Å². The molecule has 1 atom stereocenters. The van der Waals surface area contributed by atoms with Gasteiger partial charge in [-0.3, -0.25) is 4.98 Å². The molecule has 0 aliphatic heterocycles. The van der Waals surface area contributed by atoms with E-state index in [1.54, 1.807) is 12.4 Å². The summed E-state index contributed by atoms with van der Waals surface area (Å²) in [7, 11) is 2.01. The first-order valence-electron chi connectivity index (χ1n) is 5.83. The van der Waals surface area contributed by atoms with E-state index in [-0.39, 0.29) is 6.10 Å². The molecule has 0 bridgehead atoms. The second-order valence-corrected chi connectivity index (χ2v) is 5.94. The number of nitrogens with zero attached hydrogens (tertiary/aromatic N) is 3. The molecule has 0 N–H and O–H groups in total. The van der Waals surface area contributed by atoms with Crippen molar-refractivity contribution in [1.29, 1.82) is 0 Å². The Kier molecular flexibility index (Phi) is 5.68. The number of aromatic nitrogens is 2. The quantitative estimate of drug-likeness (QED) is 0.757. The lowest BCUT2D eigenvalue weighted by Gasteiger charge is -2.19. The van der Waals surface area contributed by atoms with Crippen molar-refractivity contribution in [2.75, 3.05) is 18.5 Å². The van der Waals surface area contributed by atoms with Crippen LogP contribution in [0.15, 0.2) is 12.4 Å². The molecular weight excluding hydrogens is 282 g/mol. The lowest BCUT2D eigenvalue weighted by Crippen LogP contribution is -2.22. The van der Waals surface area contributed by atoms with E-state index in [2.05, 4.69) is 37.7 Å². The van der Waals surface area contributed by atoms with Crippen LogP contribution in [0.1, 0.15) is 27.2 Å². The number of ether oxygens (including phenoxy) is 1. The predicted octanol–water partition coefficient (Wildman–Crippen LogP) is 2.87. The largest absolute Gasteiger partial charge is 0.474 e. The molecule has 4 nitrogen and oxygen atoms in total. The minimum absolute atomic E-state index is 0.118. The maximum Gasteiger partial charge on any atom is 0.234 e. The van der Waals surface area contributed by atoms with Crippen molar-refractivity contribution in [3.8, 4) is 5.88 Å². The highest BCUT2D eigenvalue weighted by Crippen LogP contribution is 2.15. The average molecular weight is 302 g/mol. The van der Waals surface area contributed by atoms with Gasteiger partial charge in [-0.1, -0.05) is 22.9 Å². The topological polar surface area (TPSA) is 38.2 Å². The van der Waals surface area contributed by atoms with E-state index >= 15 is 0 Å². The van der Waals surface area contributed by atoms with Crippen LogP contribution in [0.5, 0.6) is 5.88 Å². The molecule has 0 aliphatic carbocycles. The van der Waals surface area contributed by atoms with Gasteiger partial charge >= 0.3 is 0 Å². The maximum atomic E-state index is 5.52. The van der Waals surface area contributed by atoms with E-state index in [1.165, 1.54) is 0 Å². The summed E-state index contributed by atoms with van der Waals surface area (Å²) >= 11 is 3.54. The van der Waals surface area contributed by atoms with Crippen LogP contribution in [-0.4, -0.2) is 34.5 Å². The molecule has 1 aromatic rings. The fourth-order valence-electron chi connectivity index (χ4n) is 1.31. The van der Waals surface area contributed by atoms with Crippen molar-refractivity contribution in [2.45, 2.75) is 38.1 Å². The van der Waals surface area contributed by atoms with E-state index in [1.807, 2.05) is 20.9 Å². The second-order valence-electron chi connectivity index (χ2n) is 4.37. The molecule has 0 aromatic carbocycles. The Hall–Kier alpha value is -0.840. The van der Waals surface area contributed by atoms with Gasteiger partial charge in [0, 0.05) is 18.4 Å². The first-order chi connectivity index (χ1) is 7.99. The Labute approximate surface area is 112 Å². The van der Waals surface area contributed by atoms with Crippen molar-refractivity contribution < 1.29 is 4.74 Å². The predicted molar refractivity (Wildman–Crippen MR) is 74.1 cm³/mol. The Morgan fingerprint density at radius 3 is 2.65 bits per heavy atom. The Morgan fingerprint density at radius 1 is 1.35 bits per heavy atom. The van der Waals surface area contributed by atoms with Gasteiger partial charge in [0.2, 0.25) is 5.88 Å². The minimum Gasteiger partial charge on any atom is -0.474 e. The number of hydrogen-bond acceptors (Lipinski definition) is 4. The zero-order chi connectivity index (χ0) is 12.8. The third-order valence-corrected chi connectivity index (χ3v) is 2.67.